The van der Waals surface area contributed by atoms with Gasteiger partial charge in [-0.05, 0) is 54.3 Å². The van der Waals surface area contributed by atoms with Crippen molar-refractivity contribution in [2.75, 3.05) is 23.9 Å². The lowest BCUT2D eigenvalue weighted by Crippen LogP contribution is -2.48. The summed E-state index contributed by atoms with van der Waals surface area (Å²) >= 11 is 5.96. The van der Waals surface area contributed by atoms with E-state index in [0.717, 1.165) is 38.0 Å². The van der Waals surface area contributed by atoms with E-state index in [1.807, 2.05) is 30.3 Å². The Hall–Kier alpha value is -3.07. The maximum Gasteiger partial charge on any atom is 0.407 e. The van der Waals surface area contributed by atoms with Gasteiger partial charge in [0.25, 0.3) is 10.0 Å². The zero-order chi connectivity index (χ0) is 25.8. The van der Waals surface area contributed by atoms with Gasteiger partial charge in [-0.1, -0.05) is 60.1 Å². The van der Waals surface area contributed by atoms with Crippen LogP contribution in [0.1, 0.15) is 24.0 Å². The Morgan fingerprint density at radius 1 is 0.946 bits per heavy atom. The van der Waals surface area contributed by atoms with Gasteiger partial charge < -0.3 is 10.1 Å². The normalized spacial score (nSPS) is 18.7. The molecule has 0 aromatic heterocycles. The van der Waals surface area contributed by atoms with Crippen LogP contribution in [0.5, 0.6) is 0 Å². The smallest absolute Gasteiger partial charge is 0.407 e. The number of sulfonamides is 1. The second-order valence-electron chi connectivity index (χ2n) is 9.53. The van der Waals surface area contributed by atoms with E-state index in [1.54, 1.807) is 24.3 Å². The van der Waals surface area contributed by atoms with Crippen molar-refractivity contribution in [1.82, 2.24) is 10.2 Å². The minimum Gasteiger partial charge on any atom is -0.444 e. The maximum atomic E-state index is 13.5. The number of hydrogen-bond donors (Lipinski definition) is 1. The van der Waals surface area contributed by atoms with Crippen molar-refractivity contribution in [3.63, 3.8) is 0 Å². The summed E-state index contributed by atoms with van der Waals surface area (Å²) in [6.07, 6.45) is 1.02. The van der Waals surface area contributed by atoms with Crippen LogP contribution in [-0.4, -0.2) is 51.2 Å². The number of amides is 1. The molecule has 3 aromatic carbocycles. The van der Waals surface area contributed by atoms with Crippen LogP contribution >= 0.6 is 11.6 Å². The molecule has 1 amide bonds. The first-order valence-electron chi connectivity index (χ1n) is 12.5. The van der Waals surface area contributed by atoms with Gasteiger partial charge >= 0.3 is 6.09 Å². The number of rotatable bonds is 6. The van der Waals surface area contributed by atoms with Gasteiger partial charge in [0.2, 0.25) is 0 Å². The molecule has 0 saturated carbocycles. The average Bonchev–Trinajstić information content (AvgIpc) is 2.90. The van der Waals surface area contributed by atoms with E-state index in [9.17, 15) is 13.2 Å². The van der Waals surface area contributed by atoms with Gasteiger partial charge in [0.1, 0.15) is 6.10 Å². The van der Waals surface area contributed by atoms with Crippen LogP contribution in [0.4, 0.5) is 10.5 Å². The lowest BCUT2D eigenvalue weighted by Gasteiger charge is -2.35. The van der Waals surface area contributed by atoms with Crippen molar-refractivity contribution < 1.29 is 17.9 Å². The third kappa shape index (κ3) is 6.09. The molecule has 3 aromatic rings. The summed E-state index contributed by atoms with van der Waals surface area (Å²) in [6.45, 7) is 2.73. The molecule has 0 spiro atoms. The van der Waals surface area contributed by atoms with Crippen molar-refractivity contribution in [3.05, 3.63) is 95.0 Å². The predicted molar refractivity (Wildman–Crippen MR) is 144 cm³/mol. The van der Waals surface area contributed by atoms with Gasteiger partial charge in [-0.3, -0.25) is 9.21 Å². The largest absolute Gasteiger partial charge is 0.444 e. The summed E-state index contributed by atoms with van der Waals surface area (Å²) in [5.74, 6) is 0. The number of alkyl carbamates (subject to hydrolysis) is 1. The van der Waals surface area contributed by atoms with Crippen molar-refractivity contribution in [2.45, 2.75) is 42.8 Å². The minimum atomic E-state index is -3.86. The number of carbonyl (C=O) groups is 1. The summed E-state index contributed by atoms with van der Waals surface area (Å²) in [5, 5.41) is 3.46. The first kappa shape index (κ1) is 25.6. The van der Waals surface area contributed by atoms with E-state index in [1.165, 1.54) is 22.0 Å². The second-order valence-corrected chi connectivity index (χ2v) is 11.8. The number of nitrogens with zero attached hydrogens (tertiary/aromatic N) is 2. The Balaban J connectivity index is 1.21. The molecule has 2 aliphatic heterocycles. The molecule has 1 atom stereocenters. The molecule has 1 saturated heterocycles. The van der Waals surface area contributed by atoms with Gasteiger partial charge in [0.05, 0.1) is 17.1 Å². The third-order valence-electron chi connectivity index (χ3n) is 6.91. The van der Waals surface area contributed by atoms with Crippen molar-refractivity contribution in [2.24, 2.45) is 0 Å². The third-order valence-corrected chi connectivity index (χ3v) is 8.96. The molecular formula is C28H30ClN3O4S. The molecule has 0 aliphatic carbocycles. The van der Waals surface area contributed by atoms with Gasteiger partial charge in [0, 0.05) is 37.1 Å². The number of ether oxygens (including phenoxy) is 1. The first-order chi connectivity index (χ1) is 17.9. The van der Waals surface area contributed by atoms with Gasteiger partial charge in [0.15, 0.2) is 0 Å². The van der Waals surface area contributed by atoms with Crippen molar-refractivity contribution >= 4 is 33.4 Å². The highest BCUT2D eigenvalue weighted by Crippen LogP contribution is 2.33. The topological polar surface area (TPSA) is 79.0 Å². The van der Waals surface area contributed by atoms with Gasteiger partial charge in [-0.2, -0.15) is 0 Å². The van der Waals surface area contributed by atoms with Crippen LogP contribution in [-0.2, 0) is 27.7 Å². The average molecular weight is 540 g/mol. The molecule has 1 N–H and O–H groups in total. The molecule has 2 aliphatic rings. The highest BCUT2D eigenvalue weighted by Gasteiger charge is 2.35. The lowest BCUT2D eigenvalue weighted by molar-refractivity contribution is 0.0918. The van der Waals surface area contributed by atoms with Crippen LogP contribution in [0.3, 0.4) is 0 Å². The van der Waals surface area contributed by atoms with E-state index in [-0.39, 0.29) is 17.5 Å². The number of anilines is 1. The Bertz CT molecular complexity index is 1330. The van der Waals surface area contributed by atoms with Crippen LogP contribution in [0, 0.1) is 0 Å². The fraction of sp³-hybridized carbons (Fsp3) is 0.321. The summed E-state index contributed by atoms with van der Waals surface area (Å²) in [4.78, 5) is 15.3. The molecule has 5 rings (SSSR count). The monoisotopic (exact) mass is 539 g/mol. The zero-order valence-corrected chi connectivity index (χ0v) is 22.0. The van der Waals surface area contributed by atoms with Crippen molar-refractivity contribution in [3.8, 4) is 0 Å². The molecule has 37 heavy (non-hydrogen) atoms. The molecule has 9 heteroatoms. The van der Waals surface area contributed by atoms with Crippen LogP contribution in [0.25, 0.3) is 0 Å². The highest BCUT2D eigenvalue weighted by molar-refractivity contribution is 7.92. The number of benzene rings is 3. The molecular weight excluding hydrogens is 510 g/mol. The number of para-hydroxylation sites is 1. The van der Waals surface area contributed by atoms with Crippen molar-refractivity contribution in [1.29, 1.82) is 0 Å². The number of hydrogen-bond acceptors (Lipinski definition) is 5. The number of nitrogens with one attached hydrogen (secondary N) is 1. The Labute approximate surface area is 223 Å². The molecule has 7 nitrogen and oxygen atoms in total. The Kier molecular flexibility index (Phi) is 7.69. The summed E-state index contributed by atoms with van der Waals surface area (Å²) in [6, 6.07) is 23.8. The van der Waals surface area contributed by atoms with Gasteiger partial charge in [-0.25, -0.2) is 13.2 Å². The number of likely N-dealkylation sites (tertiary alicyclic amines) is 1. The highest BCUT2D eigenvalue weighted by atomic mass is 35.5. The van der Waals surface area contributed by atoms with E-state index >= 15 is 0 Å². The summed E-state index contributed by atoms with van der Waals surface area (Å²) in [5.41, 5.74) is 2.70. The fourth-order valence-corrected chi connectivity index (χ4v) is 6.65. The zero-order valence-electron chi connectivity index (χ0n) is 20.4. The van der Waals surface area contributed by atoms with E-state index in [2.05, 4.69) is 22.3 Å². The Morgan fingerprint density at radius 2 is 1.62 bits per heavy atom. The molecule has 0 bridgehead atoms. The minimum absolute atomic E-state index is 0.0318. The molecule has 1 fully saturated rings. The summed E-state index contributed by atoms with van der Waals surface area (Å²) < 4.78 is 34.1. The number of piperidine rings is 1. The van der Waals surface area contributed by atoms with Gasteiger partial charge in [-0.15, -0.1) is 0 Å². The first-order valence-corrected chi connectivity index (χ1v) is 14.3. The van der Waals surface area contributed by atoms with E-state index in [0.29, 0.717) is 17.1 Å². The molecule has 194 valence electrons. The van der Waals surface area contributed by atoms with E-state index in [4.69, 9.17) is 16.3 Å². The number of fused-ring (bicyclic) bond motifs is 1. The second kappa shape index (κ2) is 11.1. The quantitative estimate of drug-likeness (QED) is 0.484. The fourth-order valence-electron chi connectivity index (χ4n) is 4.99. The summed E-state index contributed by atoms with van der Waals surface area (Å²) in [7, 11) is -3.86. The predicted octanol–water partition coefficient (Wildman–Crippen LogP) is 4.85. The molecule has 1 unspecified atom stereocenters. The number of halogens is 1. The molecule has 0 radical (unpaired) electrons. The SMILES string of the molecule is O=C(NC1CCN(Cc2ccccc2)CC1)OC1Cc2ccccc2N(S(=O)(=O)c2ccc(Cl)cc2)C1. The van der Waals surface area contributed by atoms with Crippen LogP contribution < -0.4 is 9.62 Å². The Morgan fingerprint density at radius 3 is 2.35 bits per heavy atom. The van der Waals surface area contributed by atoms with Crippen LogP contribution in [0.2, 0.25) is 5.02 Å². The maximum absolute atomic E-state index is 13.5. The lowest BCUT2D eigenvalue weighted by atomic mass is 10.0. The number of carbonyl (C=O) groups excluding carboxylic acids is 1. The van der Waals surface area contributed by atoms with Crippen LogP contribution in [0.15, 0.2) is 83.8 Å². The standard InChI is InChI=1S/C28H30ClN3O4S/c29-23-10-12-26(13-11-23)37(34,35)32-20-25(18-22-8-4-5-9-27(22)32)36-28(33)30-24-14-16-31(17-15-24)19-21-6-2-1-3-7-21/h1-13,24-25H,14-20H2,(H,30,33). The van der Waals surface area contributed by atoms with E-state index < -0.39 is 22.2 Å². The molecule has 2 heterocycles.